The predicted molar refractivity (Wildman–Crippen MR) is 185 cm³/mol. The molecule has 3 heterocycles. The molecule has 1 aliphatic carbocycles. The van der Waals surface area contributed by atoms with Gasteiger partial charge in [-0.15, -0.1) is 5.10 Å². The largest absolute Gasteiger partial charge is 0.487 e. The van der Waals surface area contributed by atoms with Crippen molar-refractivity contribution in [2.75, 3.05) is 58.5 Å². The second-order valence-corrected chi connectivity index (χ2v) is 13.4. The van der Waals surface area contributed by atoms with Gasteiger partial charge in [0.1, 0.15) is 23.6 Å². The number of hydrazine groups is 2. The lowest BCUT2D eigenvalue weighted by Gasteiger charge is -2.38. The van der Waals surface area contributed by atoms with Crippen molar-refractivity contribution in [2.45, 2.75) is 64.6 Å². The van der Waals surface area contributed by atoms with Crippen molar-refractivity contribution in [3.8, 4) is 28.8 Å². The maximum atomic E-state index is 9.65. The Bertz CT molecular complexity index is 1540. The zero-order valence-corrected chi connectivity index (χ0v) is 28.9. The van der Waals surface area contributed by atoms with E-state index >= 15 is 0 Å². The summed E-state index contributed by atoms with van der Waals surface area (Å²) in [7, 11) is 1.69. The van der Waals surface area contributed by atoms with Crippen LogP contribution in [0.3, 0.4) is 0 Å². The van der Waals surface area contributed by atoms with Gasteiger partial charge < -0.3 is 24.3 Å². The summed E-state index contributed by atoms with van der Waals surface area (Å²) in [5.74, 6) is 6.76. The third-order valence-electron chi connectivity index (χ3n) is 8.87. The molecule has 1 aromatic carbocycles. The summed E-state index contributed by atoms with van der Waals surface area (Å²) in [5, 5.41) is 26.7. The summed E-state index contributed by atoms with van der Waals surface area (Å²) < 4.78 is 25.3. The number of methoxy groups -OCH3 is 1. The lowest BCUT2D eigenvalue weighted by molar-refractivity contribution is 0.00499. The molecular formula is C34H49N11O4. The quantitative estimate of drug-likeness (QED) is 0.0743. The smallest absolute Gasteiger partial charge is 0.256 e. The number of morpholine rings is 1. The molecule has 5 rings (SSSR count). The number of ether oxygens (including phenoxy) is 4. The minimum absolute atomic E-state index is 0.202. The van der Waals surface area contributed by atoms with E-state index in [0.29, 0.717) is 54.6 Å². The van der Waals surface area contributed by atoms with Crippen LogP contribution in [0.25, 0.3) is 11.1 Å². The van der Waals surface area contributed by atoms with Crippen LogP contribution in [0.5, 0.6) is 11.6 Å². The number of benzene rings is 1. The summed E-state index contributed by atoms with van der Waals surface area (Å²) in [6, 6.07) is 8.37. The van der Waals surface area contributed by atoms with Gasteiger partial charge in [-0.1, -0.05) is 19.9 Å². The van der Waals surface area contributed by atoms with Gasteiger partial charge >= 0.3 is 0 Å². The van der Waals surface area contributed by atoms with Gasteiger partial charge in [0.25, 0.3) is 5.88 Å². The van der Waals surface area contributed by atoms with Crippen LogP contribution in [0.1, 0.15) is 58.1 Å². The molecule has 0 bridgehead atoms. The molecule has 15 heteroatoms. The van der Waals surface area contributed by atoms with E-state index < -0.39 is 0 Å². The van der Waals surface area contributed by atoms with Crippen LogP contribution in [-0.2, 0) is 9.47 Å². The zero-order valence-electron chi connectivity index (χ0n) is 28.9. The van der Waals surface area contributed by atoms with Crippen LogP contribution in [0.2, 0.25) is 0 Å². The number of nitrogens with one attached hydrogen (secondary N) is 3. The minimum atomic E-state index is -0.361. The van der Waals surface area contributed by atoms with Gasteiger partial charge in [0.2, 0.25) is 5.95 Å². The first kappa shape index (κ1) is 36.0. The fraction of sp³-hybridized carbons (Fsp3) is 0.559. The van der Waals surface area contributed by atoms with Crippen molar-refractivity contribution >= 4 is 18.0 Å². The topological polar surface area (TPSA) is 185 Å². The molecule has 0 unspecified atom stereocenters. The van der Waals surface area contributed by atoms with Gasteiger partial charge in [0.05, 0.1) is 57.1 Å². The molecule has 264 valence electrons. The van der Waals surface area contributed by atoms with E-state index in [1.54, 1.807) is 31.6 Å². The van der Waals surface area contributed by atoms with Gasteiger partial charge in [-0.2, -0.15) is 10.8 Å². The summed E-state index contributed by atoms with van der Waals surface area (Å²) in [6.45, 7) is 11.0. The second-order valence-electron chi connectivity index (χ2n) is 13.4. The normalized spacial score (nSPS) is 19.1. The highest BCUT2D eigenvalue weighted by Gasteiger charge is 2.29. The van der Waals surface area contributed by atoms with E-state index in [4.69, 9.17) is 35.3 Å². The molecule has 5 N–H and O–H groups in total. The SMILES string of the molecule is COCC(C)(C)COc1nn([C@H]2CC[C@H](N3CCOCC3)CC2)cc1Nc1ncc(-c2ccc(C#N)c(O[C@@H](C)CN(C=N)NN)c2)cn1. The predicted octanol–water partition coefficient (Wildman–Crippen LogP) is 3.88. The van der Waals surface area contributed by atoms with Gasteiger partial charge in [0.15, 0.2) is 0 Å². The van der Waals surface area contributed by atoms with E-state index in [1.165, 1.54) is 5.01 Å². The van der Waals surface area contributed by atoms with Crippen LogP contribution < -0.4 is 26.2 Å². The highest BCUT2D eigenvalue weighted by atomic mass is 16.5. The van der Waals surface area contributed by atoms with Gasteiger partial charge in [0, 0.05) is 49.6 Å². The van der Waals surface area contributed by atoms with Crippen LogP contribution in [0.4, 0.5) is 11.6 Å². The van der Waals surface area contributed by atoms with Crippen molar-refractivity contribution in [2.24, 2.45) is 11.3 Å². The first-order valence-electron chi connectivity index (χ1n) is 16.8. The van der Waals surface area contributed by atoms with Crippen LogP contribution in [0.15, 0.2) is 36.8 Å². The standard InChI is InChI=1S/C34H49N11O4/c1-24(19-44(23-36)42-37)49-31-15-25(5-6-26(31)16-35)27-17-38-33(39-18-27)40-30-20-45(41-32(30)48-22-34(2,3)21-46-4)29-9-7-28(8-10-29)43-11-13-47-14-12-43/h5-6,15,17-18,20,23-24,28-29,36,42H,7-14,19,21-22,37H2,1-4H3,(H,38,39,40)/t24-,28-,29-/m0/s1. The third-order valence-corrected chi connectivity index (χ3v) is 8.87. The maximum Gasteiger partial charge on any atom is 0.256 e. The molecule has 1 atom stereocenters. The lowest BCUT2D eigenvalue weighted by atomic mass is 9.90. The molecular weight excluding hydrogens is 626 g/mol. The fourth-order valence-electron chi connectivity index (χ4n) is 6.31. The number of aromatic nitrogens is 4. The highest BCUT2D eigenvalue weighted by Crippen LogP contribution is 2.35. The number of nitrogens with two attached hydrogens (primary N) is 1. The number of hydrogen-bond donors (Lipinski definition) is 4. The van der Waals surface area contributed by atoms with Gasteiger partial charge in [-0.05, 0) is 50.3 Å². The summed E-state index contributed by atoms with van der Waals surface area (Å²) >= 11 is 0. The molecule has 0 spiro atoms. The molecule has 1 saturated carbocycles. The van der Waals surface area contributed by atoms with Gasteiger partial charge in [-0.3, -0.25) is 25.8 Å². The molecule has 49 heavy (non-hydrogen) atoms. The Labute approximate surface area is 288 Å². The third kappa shape index (κ3) is 9.64. The molecule has 2 aliphatic rings. The fourth-order valence-corrected chi connectivity index (χ4v) is 6.31. The van der Waals surface area contributed by atoms with Crippen molar-refractivity contribution in [3.05, 3.63) is 42.4 Å². The Balaban J connectivity index is 1.30. The maximum absolute atomic E-state index is 9.65. The molecule has 3 aromatic rings. The van der Waals surface area contributed by atoms with E-state index in [9.17, 15) is 5.26 Å². The molecule has 1 aliphatic heterocycles. The Hall–Kier alpha value is -4.33. The lowest BCUT2D eigenvalue weighted by Crippen LogP contribution is -2.46. The number of rotatable bonds is 16. The number of nitriles is 1. The average molecular weight is 676 g/mol. The average Bonchev–Trinajstić information content (AvgIpc) is 3.53. The summed E-state index contributed by atoms with van der Waals surface area (Å²) in [6.07, 6.45) is 10.5. The monoisotopic (exact) mass is 675 g/mol. The van der Waals surface area contributed by atoms with Crippen molar-refractivity contribution < 1.29 is 18.9 Å². The van der Waals surface area contributed by atoms with Gasteiger partial charge in [-0.25, -0.2) is 9.97 Å². The molecule has 2 aromatic heterocycles. The molecule has 15 nitrogen and oxygen atoms in total. The Morgan fingerprint density at radius 3 is 2.51 bits per heavy atom. The van der Waals surface area contributed by atoms with Crippen LogP contribution in [0, 0.1) is 22.2 Å². The van der Waals surface area contributed by atoms with E-state index in [-0.39, 0.29) is 17.6 Å². The Morgan fingerprint density at radius 1 is 1.14 bits per heavy atom. The van der Waals surface area contributed by atoms with Crippen molar-refractivity contribution in [1.82, 2.24) is 35.2 Å². The van der Waals surface area contributed by atoms with Crippen LogP contribution in [-0.4, -0.2) is 101 Å². The van der Waals surface area contributed by atoms with E-state index in [1.807, 2.05) is 23.9 Å². The summed E-state index contributed by atoms with van der Waals surface area (Å²) in [4.78, 5) is 11.8. The molecule has 2 fully saturated rings. The van der Waals surface area contributed by atoms with Crippen molar-refractivity contribution in [3.63, 3.8) is 0 Å². The highest BCUT2D eigenvalue weighted by molar-refractivity contribution is 5.67. The number of anilines is 2. The molecule has 0 radical (unpaired) electrons. The molecule has 1 saturated heterocycles. The minimum Gasteiger partial charge on any atom is -0.487 e. The first-order valence-corrected chi connectivity index (χ1v) is 16.8. The van der Waals surface area contributed by atoms with Crippen molar-refractivity contribution in [1.29, 1.82) is 10.7 Å². The second kappa shape index (κ2) is 16.9. The Kier molecular flexibility index (Phi) is 12.4. The van der Waals surface area contributed by atoms with Crippen LogP contribution >= 0.6 is 0 Å². The van der Waals surface area contributed by atoms with E-state index in [0.717, 1.165) is 69.5 Å². The number of hydrogen-bond acceptors (Lipinski definition) is 13. The Morgan fingerprint density at radius 2 is 1.86 bits per heavy atom. The summed E-state index contributed by atoms with van der Waals surface area (Å²) in [5.41, 5.74) is 4.84. The zero-order chi connectivity index (χ0) is 34.8. The molecule has 0 amide bonds. The first-order chi connectivity index (χ1) is 23.7. The number of nitrogens with zero attached hydrogens (tertiary/aromatic N) is 7. The van der Waals surface area contributed by atoms with E-state index in [2.05, 4.69) is 45.6 Å².